The van der Waals surface area contributed by atoms with E-state index in [1.54, 1.807) is 6.07 Å². The summed E-state index contributed by atoms with van der Waals surface area (Å²) < 4.78 is 39.2. The number of hydrogen-bond acceptors (Lipinski definition) is 1. The molecule has 0 bridgehead atoms. The van der Waals surface area contributed by atoms with Gasteiger partial charge >= 0.3 is 0 Å². The maximum atomic E-state index is 13.3. The third kappa shape index (κ3) is 3.72. The highest BCUT2D eigenvalue weighted by atomic mass is 35.5. The first-order valence-electron chi connectivity index (χ1n) is 5.65. The van der Waals surface area contributed by atoms with Gasteiger partial charge < -0.3 is 5.32 Å². The fourth-order valence-electron chi connectivity index (χ4n) is 1.67. The van der Waals surface area contributed by atoms with Crippen LogP contribution in [0, 0.1) is 17.5 Å². The summed E-state index contributed by atoms with van der Waals surface area (Å²) in [4.78, 5) is 0. The third-order valence-corrected chi connectivity index (χ3v) is 2.93. The summed E-state index contributed by atoms with van der Waals surface area (Å²) in [5, 5.41) is 2.98. The van der Waals surface area contributed by atoms with Gasteiger partial charge in [0.15, 0.2) is 0 Å². The Bertz CT molecular complexity index is 587. The van der Waals surface area contributed by atoms with Gasteiger partial charge in [0.1, 0.15) is 17.5 Å². The summed E-state index contributed by atoms with van der Waals surface area (Å²) in [6.07, 6.45) is 0. The van der Waals surface area contributed by atoms with E-state index in [0.717, 1.165) is 23.8 Å². The maximum absolute atomic E-state index is 13.3. The van der Waals surface area contributed by atoms with Crippen molar-refractivity contribution in [3.05, 3.63) is 70.0 Å². The van der Waals surface area contributed by atoms with Gasteiger partial charge in [-0.15, -0.1) is 0 Å². The molecule has 100 valence electrons. The zero-order valence-electron chi connectivity index (χ0n) is 9.89. The van der Waals surface area contributed by atoms with Crippen LogP contribution in [0.5, 0.6) is 0 Å². The zero-order valence-corrected chi connectivity index (χ0v) is 10.6. The molecule has 0 saturated carbocycles. The number of hydrogen-bond donors (Lipinski definition) is 1. The van der Waals surface area contributed by atoms with Gasteiger partial charge in [-0.05, 0) is 35.9 Å². The Morgan fingerprint density at radius 1 is 0.895 bits per heavy atom. The molecule has 1 nitrogen and oxygen atoms in total. The lowest BCUT2D eigenvalue weighted by atomic mass is 10.2. The Labute approximate surface area is 114 Å². The van der Waals surface area contributed by atoms with Crippen LogP contribution in [-0.2, 0) is 13.1 Å². The monoisotopic (exact) mass is 285 g/mol. The molecule has 5 heteroatoms. The molecule has 0 aliphatic carbocycles. The molecule has 0 amide bonds. The van der Waals surface area contributed by atoms with Gasteiger partial charge in [-0.1, -0.05) is 17.7 Å². The van der Waals surface area contributed by atoms with Crippen molar-refractivity contribution in [3.63, 3.8) is 0 Å². The van der Waals surface area contributed by atoms with Crippen molar-refractivity contribution >= 4 is 11.6 Å². The lowest BCUT2D eigenvalue weighted by Crippen LogP contribution is -2.14. The minimum Gasteiger partial charge on any atom is -0.309 e. The first kappa shape index (κ1) is 13.9. The van der Waals surface area contributed by atoms with Crippen LogP contribution in [0.3, 0.4) is 0 Å². The predicted molar refractivity (Wildman–Crippen MR) is 68.3 cm³/mol. The van der Waals surface area contributed by atoms with Gasteiger partial charge in [0.25, 0.3) is 0 Å². The van der Waals surface area contributed by atoms with E-state index in [9.17, 15) is 13.2 Å². The van der Waals surface area contributed by atoms with Gasteiger partial charge in [-0.2, -0.15) is 0 Å². The van der Waals surface area contributed by atoms with Gasteiger partial charge in [0.05, 0.1) is 5.02 Å². The molecule has 2 rings (SSSR count). The van der Waals surface area contributed by atoms with Crippen molar-refractivity contribution in [3.8, 4) is 0 Å². The molecule has 0 aromatic heterocycles. The molecule has 0 spiro atoms. The van der Waals surface area contributed by atoms with Crippen molar-refractivity contribution in [2.75, 3.05) is 0 Å². The second-order valence-corrected chi connectivity index (χ2v) is 4.49. The molecule has 0 aliphatic heterocycles. The molecule has 0 heterocycles. The average molecular weight is 286 g/mol. The second-order valence-electron chi connectivity index (χ2n) is 4.09. The topological polar surface area (TPSA) is 12.0 Å². The van der Waals surface area contributed by atoms with Crippen molar-refractivity contribution < 1.29 is 13.2 Å². The van der Waals surface area contributed by atoms with Crippen LogP contribution in [0.15, 0.2) is 36.4 Å². The van der Waals surface area contributed by atoms with E-state index >= 15 is 0 Å². The van der Waals surface area contributed by atoms with Gasteiger partial charge in [0, 0.05) is 18.7 Å². The summed E-state index contributed by atoms with van der Waals surface area (Å²) in [6, 6.07) is 7.63. The normalized spacial score (nSPS) is 10.7. The summed E-state index contributed by atoms with van der Waals surface area (Å²) >= 11 is 5.64. The van der Waals surface area contributed by atoms with Gasteiger partial charge in [-0.25, -0.2) is 13.2 Å². The van der Waals surface area contributed by atoms with E-state index in [1.165, 1.54) is 12.1 Å². The van der Waals surface area contributed by atoms with Crippen molar-refractivity contribution in [1.29, 1.82) is 0 Å². The molecule has 0 radical (unpaired) electrons. The zero-order chi connectivity index (χ0) is 13.8. The first-order valence-corrected chi connectivity index (χ1v) is 6.02. The average Bonchev–Trinajstić information content (AvgIpc) is 2.38. The lowest BCUT2D eigenvalue weighted by Gasteiger charge is -2.07. The summed E-state index contributed by atoms with van der Waals surface area (Å²) in [6.45, 7) is 0.564. The Hall–Kier alpha value is -1.52. The first-order chi connectivity index (χ1) is 9.06. The maximum Gasteiger partial charge on any atom is 0.141 e. The molecular weight excluding hydrogens is 275 g/mol. The fourth-order valence-corrected chi connectivity index (χ4v) is 1.87. The van der Waals surface area contributed by atoms with Crippen molar-refractivity contribution in [2.45, 2.75) is 13.1 Å². The van der Waals surface area contributed by atoms with Crippen molar-refractivity contribution in [2.24, 2.45) is 0 Å². The number of rotatable bonds is 4. The van der Waals surface area contributed by atoms with Crippen LogP contribution in [0.1, 0.15) is 11.1 Å². The molecular formula is C14H11ClF3N. The second kappa shape index (κ2) is 6.08. The smallest absolute Gasteiger partial charge is 0.141 e. The highest BCUT2D eigenvalue weighted by Crippen LogP contribution is 2.16. The van der Waals surface area contributed by atoms with Gasteiger partial charge in [-0.3, -0.25) is 0 Å². The molecule has 2 aromatic rings. The molecule has 0 aliphatic rings. The molecule has 0 atom stereocenters. The molecule has 0 fully saturated rings. The highest BCUT2D eigenvalue weighted by Gasteiger charge is 2.04. The largest absolute Gasteiger partial charge is 0.309 e. The van der Waals surface area contributed by atoms with Crippen LogP contribution in [0.4, 0.5) is 13.2 Å². The third-order valence-electron chi connectivity index (χ3n) is 2.64. The fraction of sp³-hybridized carbons (Fsp3) is 0.143. The summed E-state index contributed by atoms with van der Waals surface area (Å²) in [7, 11) is 0. The van der Waals surface area contributed by atoms with Crippen LogP contribution in [0.2, 0.25) is 5.02 Å². The summed E-state index contributed by atoms with van der Waals surface area (Å²) in [5.74, 6) is -1.43. The quantitative estimate of drug-likeness (QED) is 0.894. The lowest BCUT2D eigenvalue weighted by molar-refractivity contribution is 0.568. The summed E-state index contributed by atoms with van der Waals surface area (Å²) in [5.41, 5.74) is 1.01. The number of benzene rings is 2. The van der Waals surface area contributed by atoms with E-state index in [-0.39, 0.29) is 17.1 Å². The predicted octanol–water partition coefficient (Wildman–Crippen LogP) is 4.05. The highest BCUT2D eigenvalue weighted by molar-refractivity contribution is 6.30. The molecule has 19 heavy (non-hydrogen) atoms. The van der Waals surface area contributed by atoms with E-state index in [0.29, 0.717) is 6.54 Å². The Balaban J connectivity index is 1.96. The minimum atomic E-state index is -0.485. The Kier molecular flexibility index (Phi) is 4.45. The van der Waals surface area contributed by atoms with Crippen LogP contribution >= 0.6 is 11.6 Å². The van der Waals surface area contributed by atoms with Crippen LogP contribution in [0.25, 0.3) is 0 Å². The number of halogens is 4. The van der Waals surface area contributed by atoms with E-state index in [1.807, 2.05) is 0 Å². The van der Waals surface area contributed by atoms with E-state index < -0.39 is 17.5 Å². The molecule has 1 N–H and O–H groups in total. The van der Waals surface area contributed by atoms with Crippen molar-refractivity contribution in [1.82, 2.24) is 5.32 Å². The molecule has 0 unspecified atom stereocenters. The number of nitrogens with one attached hydrogen (secondary N) is 1. The van der Waals surface area contributed by atoms with Crippen LogP contribution in [-0.4, -0.2) is 0 Å². The van der Waals surface area contributed by atoms with Gasteiger partial charge in [0.2, 0.25) is 0 Å². The Morgan fingerprint density at radius 3 is 2.37 bits per heavy atom. The van der Waals surface area contributed by atoms with E-state index in [2.05, 4.69) is 5.32 Å². The van der Waals surface area contributed by atoms with Crippen LogP contribution < -0.4 is 5.32 Å². The minimum absolute atomic E-state index is 0.0382. The van der Waals surface area contributed by atoms with E-state index in [4.69, 9.17) is 11.6 Å². The molecule has 2 aromatic carbocycles. The molecule has 0 saturated heterocycles. The SMILES string of the molecule is Fc1ccc(F)c(CNCc2ccc(F)c(Cl)c2)c1. The Morgan fingerprint density at radius 2 is 1.63 bits per heavy atom. The standard InChI is InChI=1S/C14H11ClF3N/c15-12-5-9(1-3-14(12)18)7-19-8-10-6-11(16)2-4-13(10)17/h1-6,19H,7-8H2.